The summed E-state index contributed by atoms with van der Waals surface area (Å²) >= 11 is 0. The van der Waals surface area contributed by atoms with Gasteiger partial charge in [-0.3, -0.25) is 4.79 Å². The second-order valence-electron chi connectivity index (χ2n) is 5.60. The smallest absolute Gasteiger partial charge is 0.370 e. The highest BCUT2D eigenvalue weighted by Gasteiger charge is 2.30. The van der Waals surface area contributed by atoms with Crippen LogP contribution in [0.15, 0.2) is 42.6 Å². The molecule has 1 amide bonds. The van der Waals surface area contributed by atoms with E-state index in [9.17, 15) is 18.0 Å². The molecule has 0 fully saturated rings. The molecule has 0 atom stereocenters. The number of nitrogens with zero attached hydrogens (tertiary/aromatic N) is 1. The zero-order valence-electron chi connectivity index (χ0n) is 13.9. The molecule has 2 rings (SSSR count). The van der Waals surface area contributed by atoms with Crippen LogP contribution in [0.5, 0.6) is 0 Å². The van der Waals surface area contributed by atoms with Crippen molar-refractivity contribution in [1.82, 2.24) is 4.98 Å². The van der Waals surface area contributed by atoms with Crippen molar-refractivity contribution in [3.8, 4) is 0 Å². The number of unbranched alkanes of at least 4 members (excludes halogenated alkanes) is 2. The third-order valence-electron chi connectivity index (χ3n) is 3.56. The van der Waals surface area contributed by atoms with E-state index in [1.807, 2.05) is 0 Å². The van der Waals surface area contributed by atoms with Gasteiger partial charge in [0.25, 0.3) is 5.91 Å². The minimum atomic E-state index is -4.45. The van der Waals surface area contributed by atoms with Gasteiger partial charge in [0.2, 0.25) is 0 Å². The van der Waals surface area contributed by atoms with Crippen LogP contribution < -0.4 is 10.6 Å². The summed E-state index contributed by atoms with van der Waals surface area (Å²) in [6.07, 6.45) is 0.239. The molecule has 4 nitrogen and oxygen atoms in total. The number of carbonyl (C=O) groups is 1. The standard InChI is InChI=1S/C18H20F3N3O/c1-2-3-4-10-22-16-9-8-13(12-23-16)17(25)24-15-7-5-6-14(11-15)18(19,20)21/h5-9,11-12H,2-4,10H2,1H3,(H,22,23)(H,24,25). The Morgan fingerprint density at radius 2 is 1.96 bits per heavy atom. The molecule has 0 spiro atoms. The van der Waals surface area contributed by atoms with Crippen molar-refractivity contribution in [2.45, 2.75) is 32.4 Å². The van der Waals surface area contributed by atoms with E-state index in [1.165, 1.54) is 18.3 Å². The van der Waals surface area contributed by atoms with E-state index in [2.05, 4.69) is 22.5 Å². The lowest BCUT2D eigenvalue weighted by Crippen LogP contribution is -2.14. The van der Waals surface area contributed by atoms with Crippen LogP contribution >= 0.6 is 0 Å². The van der Waals surface area contributed by atoms with Crippen LogP contribution in [0.4, 0.5) is 24.7 Å². The summed E-state index contributed by atoms with van der Waals surface area (Å²) in [4.78, 5) is 16.3. The molecule has 1 aromatic carbocycles. The van der Waals surface area contributed by atoms with Crippen LogP contribution in [0, 0.1) is 0 Å². The Kier molecular flexibility index (Phi) is 6.38. The molecule has 0 aliphatic heterocycles. The molecular formula is C18H20F3N3O. The van der Waals surface area contributed by atoms with Crippen LogP contribution in [0.25, 0.3) is 0 Å². The first kappa shape index (κ1) is 18.8. The summed E-state index contributed by atoms with van der Waals surface area (Å²) in [6.45, 7) is 2.92. The zero-order chi connectivity index (χ0) is 18.3. The number of hydrogen-bond acceptors (Lipinski definition) is 3. The van der Waals surface area contributed by atoms with Crippen molar-refractivity contribution in [3.63, 3.8) is 0 Å². The minimum Gasteiger partial charge on any atom is -0.370 e. The van der Waals surface area contributed by atoms with E-state index < -0.39 is 17.6 Å². The van der Waals surface area contributed by atoms with Crippen molar-refractivity contribution in [1.29, 1.82) is 0 Å². The van der Waals surface area contributed by atoms with Crippen LogP contribution in [-0.2, 0) is 6.18 Å². The first-order chi connectivity index (χ1) is 11.9. The van der Waals surface area contributed by atoms with Gasteiger partial charge in [-0.1, -0.05) is 25.8 Å². The number of rotatable bonds is 7. The fourth-order valence-corrected chi connectivity index (χ4v) is 2.20. The van der Waals surface area contributed by atoms with Gasteiger partial charge in [0.15, 0.2) is 0 Å². The fraction of sp³-hybridized carbons (Fsp3) is 0.333. The van der Waals surface area contributed by atoms with E-state index >= 15 is 0 Å². The molecule has 25 heavy (non-hydrogen) atoms. The number of alkyl halides is 3. The molecule has 134 valence electrons. The largest absolute Gasteiger partial charge is 0.416 e. The van der Waals surface area contributed by atoms with Gasteiger partial charge in [-0.05, 0) is 36.8 Å². The molecule has 0 aliphatic carbocycles. The highest BCUT2D eigenvalue weighted by atomic mass is 19.4. The number of aromatic nitrogens is 1. The quantitative estimate of drug-likeness (QED) is 0.694. The van der Waals surface area contributed by atoms with Gasteiger partial charge in [-0.2, -0.15) is 13.2 Å². The Hall–Kier alpha value is -2.57. The number of carbonyl (C=O) groups excluding carboxylic acids is 1. The maximum Gasteiger partial charge on any atom is 0.416 e. The van der Waals surface area contributed by atoms with Gasteiger partial charge in [-0.25, -0.2) is 4.98 Å². The van der Waals surface area contributed by atoms with Gasteiger partial charge in [-0.15, -0.1) is 0 Å². The SMILES string of the molecule is CCCCCNc1ccc(C(=O)Nc2cccc(C(F)(F)F)c2)cn1. The Balaban J connectivity index is 1.97. The maximum absolute atomic E-state index is 12.7. The van der Waals surface area contributed by atoms with Crippen LogP contribution in [0.2, 0.25) is 0 Å². The topological polar surface area (TPSA) is 54.0 Å². The lowest BCUT2D eigenvalue weighted by atomic mass is 10.2. The lowest BCUT2D eigenvalue weighted by Gasteiger charge is -2.10. The summed E-state index contributed by atoms with van der Waals surface area (Å²) in [5, 5.41) is 5.60. The number of hydrogen-bond donors (Lipinski definition) is 2. The predicted molar refractivity (Wildman–Crippen MR) is 91.6 cm³/mol. The number of nitrogens with one attached hydrogen (secondary N) is 2. The average Bonchev–Trinajstić information content (AvgIpc) is 2.59. The van der Waals surface area contributed by atoms with Crippen molar-refractivity contribution < 1.29 is 18.0 Å². The van der Waals surface area contributed by atoms with Crippen LogP contribution in [0.1, 0.15) is 42.1 Å². The second kappa shape index (κ2) is 8.50. The molecule has 0 radical (unpaired) electrons. The maximum atomic E-state index is 12.7. The Morgan fingerprint density at radius 1 is 1.16 bits per heavy atom. The number of halogens is 3. The van der Waals surface area contributed by atoms with Crippen molar-refractivity contribution >= 4 is 17.4 Å². The second-order valence-corrected chi connectivity index (χ2v) is 5.60. The third-order valence-corrected chi connectivity index (χ3v) is 3.56. The van der Waals surface area contributed by atoms with Gasteiger partial charge in [0, 0.05) is 18.4 Å². The van der Waals surface area contributed by atoms with Crippen LogP contribution in [0.3, 0.4) is 0 Å². The summed E-state index contributed by atoms with van der Waals surface area (Å²) < 4.78 is 38.1. The van der Waals surface area contributed by atoms with E-state index in [-0.39, 0.29) is 11.3 Å². The molecule has 0 bridgehead atoms. The number of amides is 1. The van der Waals surface area contributed by atoms with E-state index in [4.69, 9.17) is 0 Å². The molecule has 0 unspecified atom stereocenters. The number of anilines is 2. The minimum absolute atomic E-state index is 0.0848. The van der Waals surface area contributed by atoms with Crippen molar-refractivity contribution in [2.75, 3.05) is 17.2 Å². The zero-order valence-corrected chi connectivity index (χ0v) is 13.9. The van der Waals surface area contributed by atoms with Crippen molar-refractivity contribution in [3.05, 3.63) is 53.7 Å². The molecule has 1 heterocycles. The normalized spacial score (nSPS) is 11.2. The molecule has 0 saturated heterocycles. The first-order valence-electron chi connectivity index (χ1n) is 8.08. The number of pyridine rings is 1. The molecular weight excluding hydrogens is 331 g/mol. The van der Waals surface area contributed by atoms with Crippen molar-refractivity contribution in [2.24, 2.45) is 0 Å². The highest BCUT2D eigenvalue weighted by molar-refractivity contribution is 6.04. The summed E-state index contributed by atoms with van der Waals surface area (Å²) in [5.74, 6) is 0.149. The van der Waals surface area contributed by atoms with Crippen LogP contribution in [-0.4, -0.2) is 17.4 Å². The predicted octanol–water partition coefficient (Wildman–Crippen LogP) is 4.95. The molecule has 2 N–H and O–H groups in total. The Bertz CT molecular complexity index is 699. The van der Waals surface area contributed by atoms with Gasteiger partial charge < -0.3 is 10.6 Å². The van der Waals surface area contributed by atoms with Gasteiger partial charge in [0.1, 0.15) is 5.82 Å². The van der Waals surface area contributed by atoms with Gasteiger partial charge >= 0.3 is 6.18 Å². The first-order valence-corrected chi connectivity index (χ1v) is 8.08. The molecule has 7 heteroatoms. The third kappa shape index (κ3) is 5.77. The molecule has 2 aromatic rings. The average molecular weight is 351 g/mol. The van der Waals surface area contributed by atoms with E-state index in [0.29, 0.717) is 5.82 Å². The van der Waals surface area contributed by atoms with E-state index in [1.54, 1.807) is 12.1 Å². The Labute approximate surface area is 144 Å². The summed E-state index contributed by atoms with van der Waals surface area (Å²) in [5.41, 5.74) is -0.451. The lowest BCUT2D eigenvalue weighted by molar-refractivity contribution is -0.137. The Morgan fingerprint density at radius 3 is 2.60 bits per heavy atom. The molecule has 0 saturated carbocycles. The monoisotopic (exact) mass is 351 g/mol. The van der Waals surface area contributed by atoms with E-state index in [0.717, 1.165) is 37.9 Å². The fourth-order valence-electron chi connectivity index (χ4n) is 2.20. The molecule has 0 aliphatic rings. The number of benzene rings is 1. The summed E-state index contributed by atoms with van der Waals surface area (Å²) in [6, 6.07) is 7.76. The highest BCUT2D eigenvalue weighted by Crippen LogP contribution is 2.30. The van der Waals surface area contributed by atoms with Gasteiger partial charge in [0.05, 0.1) is 11.1 Å². The molecule has 1 aromatic heterocycles. The summed E-state index contributed by atoms with van der Waals surface area (Å²) in [7, 11) is 0.